The zero-order valence-corrected chi connectivity index (χ0v) is 21.4. The second-order valence-corrected chi connectivity index (χ2v) is 9.32. The molecule has 7 heteroatoms. The first-order valence-corrected chi connectivity index (χ1v) is 12.7. The predicted octanol–water partition coefficient (Wildman–Crippen LogP) is 7.66. The highest BCUT2D eigenvalue weighted by Crippen LogP contribution is 2.28. The first kappa shape index (κ1) is 26.4. The molecular weight excluding hydrogens is 498 g/mol. The molecule has 1 heterocycles. The van der Waals surface area contributed by atoms with Crippen molar-refractivity contribution in [3.63, 3.8) is 0 Å². The summed E-state index contributed by atoms with van der Waals surface area (Å²) >= 11 is 1.63. The van der Waals surface area contributed by atoms with Gasteiger partial charge in [-0.2, -0.15) is 0 Å². The van der Waals surface area contributed by atoms with E-state index in [0.29, 0.717) is 17.2 Å². The van der Waals surface area contributed by atoms with E-state index in [1.165, 1.54) is 6.07 Å². The maximum absolute atomic E-state index is 11.7. The highest BCUT2D eigenvalue weighted by Gasteiger charge is 2.14. The molecule has 5 rings (SSSR count). The summed E-state index contributed by atoms with van der Waals surface area (Å²) in [7, 11) is 0. The molecule has 0 unspecified atom stereocenters. The van der Waals surface area contributed by atoms with Crippen molar-refractivity contribution in [2.75, 3.05) is 0 Å². The number of para-hydroxylation sites is 2. The first-order valence-electron chi connectivity index (χ1n) is 11.9. The highest BCUT2D eigenvalue weighted by atomic mass is 32.2. The number of carbonyl (C=O) groups is 3. The molecule has 5 aromatic rings. The summed E-state index contributed by atoms with van der Waals surface area (Å²) < 4.78 is 5.62. The van der Waals surface area contributed by atoms with Crippen molar-refractivity contribution >= 4 is 40.2 Å². The fourth-order valence-electron chi connectivity index (χ4n) is 3.57. The van der Waals surface area contributed by atoms with E-state index in [-0.39, 0.29) is 17.8 Å². The minimum Gasteiger partial charge on any atom is -0.478 e. The average Bonchev–Trinajstić information content (AvgIpc) is 3.36. The lowest BCUT2D eigenvalue weighted by Crippen LogP contribution is -2.12. The third-order valence-electron chi connectivity index (χ3n) is 5.51. The smallest absolute Gasteiger partial charge is 0.339 e. The molecular formula is C31H25NO5S. The van der Waals surface area contributed by atoms with Crippen LogP contribution < -0.4 is 4.74 Å². The molecule has 0 saturated carbocycles. The fourth-order valence-corrected chi connectivity index (χ4v) is 4.41. The molecule has 0 aliphatic carbocycles. The van der Waals surface area contributed by atoms with Crippen LogP contribution >= 0.6 is 11.8 Å². The molecule has 6 nitrogen and oxygen atoms in total. The molecule has 0 aliphatic rings. The monoisotopic (exact) mass is 523 g/mol. The van der Waals surface area contributed by atoms with E-state index in [4.69, 9.17) is 9.84 Å². The molecule has 0 amide bonds. The summed E-state index contributed by atoms with van der Waals surface area (Å²) in [6.45, 7) is 1.69. The molecule has 0 saturated heterocycles. The second kappa shape index (κ2) is 12.6. The summed E-state index contributed by atoms with van der Waals surface area (Å²) in [5.74, 6) is -0.912. The van der Waals surface area contributed by atoms with Crippen molar-refractivity contribution in [1.29, 1.82) is 0 Å². The van der Waals surface area contributed by atoms with Crippen molar-refractivity contribution in [2.24, 2.45) is 0 Å². The summed E-state index contributed by atoms with van der Waals surface area (Å²) in [4.78, 5) is 39.4. The van der Waals surface area contributed by atoms with Gasteiger partial charge in [-0.25, -0.2) is 4.79 Å². The van der Waals surface area contributed by atoms with E-state index < -0.39 is 11.8 Å². The topological polar surface area (TPSA) is 96.5 Å². The lowest BCUT2D eigenvalue weighted by Gasteiger charge is -2.05. The van der Waals surface area contributed by atoms with Crippen LogP contribution in [-0.4, -0.2) is 27.6 Å². The summed E-state index contributed by atoms with van der Waals surface area (Å²) in [6, 6.07) is 33.3. The van der Waals surface area contributed by atoms with Gasteiger partial charge in [0, 0.05) is 38.7 Å². The highest BCUT2D eigenvalue weighted by molar-refractivity contribution is 7.99. The standard InChI is InChI=1S/C16H14O2S.C15H11NO3/c1-2-15(17)16(18)12-8-10-14(11-9-12)19-13-6-4-3-5-7-13;17-15(18)11-6-2-4-8-13(11)19-14-9-10-5-1-3-7-12(10)16-14/h3-11H,2H2,1H3;1-9,16H,(H,17,18). The number of rotatable bonds is 8. The minimum absolute atomic E-state index is 0.140. The van der Waals surface area contributed by atoms with Gasteiger partial charge in [-0.05, 0) is 54.6 Å². The fraction of sp³-hybridized carbons (Fsp3) is 0.0645. The number of aromatic carboxylic acids is 1. The number of hydrogen-bond acceptors (Lipinski definition) is 5. The van der Waals surface area contributed by atoms with Gasteiger partial charge in [0.05, 0.1) is 0 Å². The Bertz CT molecular complexity index is 1530. The van der Waals surface area contributed by atoms with Crippen LogP contribution in [0.25, 0.3) is 10.9 Å². The normalized spacial score (nSPS) is 10.3. The number of aromatic amines is 1. The van der Waals surface area contributed by atoms with Crippen molar-refractivity contribution in [2.45, 2.75) is 23.1 Å². The van der Waals surface area contributed by atoms with Crippen LogP contribution in [0.3, 0.4) is 0 Å². The predicted molar refractivity (Wildman–Crippen MR) is 148 cm³/mol. The van der Waals surface area contributed by atoms with Gasteiger partial charge in [-0.3, -0.25) is 9.59 Å². The minimum atomic E-state index is -1.01. The number of ether oxygens (including phenoxy) is 1. The van der Waals surface area contributed by atoms with Gasteiger partial charge in [-0.1, -0.05) is 67.2 Å². The van der Waals surface area contributed by atoms with Crippen LogP contribution in [0.2, 0.25) is 0 Å². The number of aromatic nitrogens is 1. The molecule has 0 radical (unpaired) electrons. The van der Waals surface area contributed by atoms with E-state index in [9.17, 15) is 14.4 Å². The van der Waals surface area contributed by atoms with Crippen molar-refractivity contribution < 1.29 is 24.2 Å². The van der Waals surface area contributed by atoms with Crippen molar-refractivity contribution in [3.05, 3.63) is 120 Å². The Morgan fingerprint density at radius 1 is 0.789 bits per heavy atom. The number of nitrogens with one attached hydrogen (secondary N) is 1. The maximum Gasteiger partial charge on any atom is 0.339 e. The number of carboxylic acid groups (broad SMARTS) is 1. The van der Waals surface area contributed by atoms with Gasteiger partial charge in [-0.15, -0.1) is 0 Å². The van der Waals surface area contributed by atoms with E-state index in [1.807, 2.05) is 72.8 Å². The van der Waals surface area contributed by atoms with Gasteiger partial charge in [0.2, 0.25) is 11.6 Å². The van der Waals surface area contributed by atoms with Crippen LogP contribution in [0.1, 0.15) is 34.1 Å². The molecule has 1 aromatic heterocycles. The molecule has 38 heavy (non-hydrogen) atoms. The molecule has 190 valence electrons. The number of carbonyl (C=O) groups excluding carboxylic acids is 2. The maximum atomic E-state index is 11.7. The van der Waals surface area contributed by atoms with Gasteiger partial charge >= 0.3 is 5.97 Å². The third-order valence-corrected chi connectivity index (χ3v) is 6.53. The van der Waals surface area contributed by atoms with Crippen LogP contribution in [0.4, 0.5) is 0 Å². The number of Topliss-reactive ketones (excluding diaryl/α,β-unsaturated/α-hetero) is 2. The third kappa shape index (κ3) is 6.78. The number of ketones is 2. The number of fused-ring (bicyclic) bond motifs is 1. The van der Waals surface area contributed by atoms with Crippen molar-refractivity contribution in [1.82, 2.24) is 4.98 Å². The van der Waals surface area contributed by atoms with Crippen LogP contribution in [0.5, 0.6) is 11.6 Å². The van der Waals surface area contributed by atoms with Crippen LogP contribution in [-0.2, 0) is 4.79 Å². The first-order chi connectivity index (χ1) is 18.4. The van der Waals surface area contributed by atoms with Gasteiger partial charge < -0.3 is 14.8 Å². The summed E-state index contributed by atoms with van der Waals surface area (Å²) in [6.07, 6.45) is 0.249. The van der Waals surface area contributed by atoms with E-state index >= 15 is 0 Å². The molecule has 0 spiro atoms. The molecule has 0 fully saturated rings. The van der Waals surface area contributed by atoms with Gasteiger partial charge in [0.1, 0.15) is 11.3 Å². The van der Waals surface area contributed by atoms with Crippen LogP contribution in [0, 0.1) is 0 Å². The zero-order valence-electron chi connectivity index (χ0n) is 20.6. The van der Waals surface area contributed by atoms with E-state index in [2.05, 4.69) is 4.98 Å². The Morgan fingerprint density at radius 3 is 2.11 bits per heavy atom. The number of carboxylic acids is 1. The Morgan fingerprint density at radius 2 is 1.42 bits per heavy atom. The molecule has 0 atom stereocenters. The Kier molecular flexibility index (Phi) is 8.74. The number of benzene rings is 4. The largest absolute Gasteiger partial charge is 0.478 e. The lowest BCUT2D eigenvalue weighted by atomic mass is 10.1. The number of hydrogen-bond donors (Lipinski definition) is 2. The Balaban J connectivity index is 0.000000177. The average molecular weight is 524 g/mol. The Labute approximate surface area is 224 Å². The molecule has 0 bridgehead atoms. The SMILES string of the molecule is CCC(=O)C(=O)c1ccc(Sc2ccccc2)cc1.O=C(O)c1ccccc1Oc1cc2ccccc2[nH]1. The zero-order chi connectivity index (χ0) is 26.9. The number of H-pyrrole nitrogens is 1. The second-order valence-electron chi connectivity index (χ2n) is 8.17. The summed E-state index contributed by atoms with van der Waals surface area (Å²) in [5, 5.41) is 10.1. The van der Waals surface area contributed by atoms with E-state index in [1.54, 1.807) is 49.0 Å². The van der Waals surface area contributed by atoms with E-state index in [0.717, 1.165) is 20.7 Å². The quantitative estimate of drug-likeness (QED) is 0.160. The van der Waals surface area contributed by atoms with Gasteiger partial charge in [0.25, 0.3) is 0 Å². The summed E-state index contributed by atoms with van der Waals surface area (Å²) in [5.41, 5.74) is 1.55. The molecule has 4 aromatic carbocycles. The van der Waals surface area contributed by atoms with Crippen LogP contribution in [0.15, 0.2) is 119 Å². The van der Waals surface area contributed by atoms with Crippen molar-refractivity contribution in [3.8, 4) is 11.6 Å². The Hall–Kier alpha value is -4.62. The molecule has 0 aliphatic heterocycles. The lowest BCUT2D eigenvalue weighted by molar-refractivity contribution is -0.114. The molecule has 2 N–H and O–H groups in total. The van der Waals surface area contributed by atoms with Gasteiger partial charge in [0.15, 0.2) is 5.88 Å².